The van der Waals surface area contributed by atoms with E-state index in [-0.39, 0.29) is 18.7 Å². The molecule has 0 fully saturated rings. The third-order valence-corrected chi connectivity index (χ3v) is 6.47. The van der Waals surface area contributed by atoms with Crippen molar-refractivity contribution in [2.75, 3.05) is 0 Å². The lowest BCUT2D eigenvalue weighted by atomic mass is 10.00. The minimum atomic E-state index is -1.69. The van der Waals surface area contributed by atoms with E-state index < -0.39 is 48.2 Å². The fourth-order valence-electron chi connectivity index (χ4n) is 3.58. The molecule has 0 saturated heterocycles. The SMILES string of the molecule is NC(=O)[C@H](O)CC(=O)N[C@H](Cc1cccs1)C(=O)N[C@@H](Cc1ccc(-c2ccc(F)cc2)cc1)C(N)=O. The molecule has 0 aliphatic heterocycles. The fourth-order valence-corrected chi connectivity index (χ4v) is 4.33. The number of nitrogens with one attached hydrogen (secondary N) is 2. The van der Waals surface area contributed by atoms with Crippen LogP contribution in [-0.2, 0) is 32.0 Å². The van der Waals surface area contributed by atoms with Gasteiger partial charge in [-0.05, 0) is 40.3 Å². The molecule has 3 atom stereocenters. The van der Waals surface area contributed by atoms with Crippen molar-refractivity contribution in [1.82, 2.24) is 10.6 Å². The van der Waals surface area contributed by atoms with Crippen LogP contribution in [0.25, 0.3) is 11.1 Å². The second-order valence-corrected chi connectivity index (χ2v) is 9.43. The lowest BCUT2D eigenvalue weighted by molar-refractivity contribution is -0.134. The summed E-state index contributed by atoms with van der Waals surface area (Å²) in [6.45, 7) is 0. The van der Waals surface area contributed by atoms with Crippen LogP contribution in [0.3, 0.4) is 0 Å². The van der Waals surface area contributed by atoms with Gasteiger partial charge in [0.15, 0.2) is 0 Å². The van der Waals surface area contributed by atoms with Crippen molar-refractivity contribution in [1.29, 1.82) is 0 Å². The molecule has 0 aliphatic rings. The number of primary amides is 2. The molecule has 1 heterocycles. The van der Waals surface area contributed by atoms with E-state index in [1.54, 1.807) is 36.4 Å². The molecule has 0 radical (unpaired) electrons. The molecular formula is C26H27FN4O5S. The van der Waals surface area contributed by atoms with Gasteiger partial charge in [0.2, 0.25) is 23.6 Å². The number of hydrogen-bond acceptors (Lipinski definition) is 6. The first-order valence-electron chi connectivity index (χ1n) is 11.4. The van der Waals surface area contributed by atoms with Gasteiger partial charge in [0.25, 0.3) is 0 Å². The molecule has 3 aromatic rings. The number of carbonyl (C=O) groups excluding carboxylic acids is 4. The normalized spacial score (nSPS) is 13.2. The van der Waals surface area contributed by atoms with Crippen molar-refractivity contribution in [3.05, 3.63) is 82.3 Å². The summed E-state index contributed by atoms with van der Waals surface area (Å²) in [5.74, 6) is -3.56. The first-order valence-corrected chi connectivity index (χ1v) is 12.2. The summed E-state index contributed by atoms with van der Waals surface area (Å²) >= 11 is 1.38. The van der Waals surface area contributed by atoms with E-state index in [1.807, 2.05) is 17.5 Å². The van der Waals surface area contributed by atoms with Crippen LogP contribution >= 0.6 is 11.3 Å². The number of aliphatic hydroxyl groups excluding tert-OH is 1. The van der Waals surface area contributed by atoms with Crippen LogP contribution in [0.5, 0.6) is 0 Å². The smallest absolute Gasteiger partial charge is 0.246 e. The van der Waals surface area contributed by atoms with Gasteiger partial charge >= 0.3 is 0 Å². The number of amides is 4. The van der Waals surface area contributed by atoms with Gasteiger partial charge in [0.1, 0.15) is 24.0 Å². The second-order valence-electron chi connectivity index (χ2n) is 8.40. The van der Waals surface area contributed by atoms with E-state index in [9.17, 15) is 28.7 Å². The molecule has 3 rings (SSSR count). The second kappa shape index (κ2) is 12.7. The maximum atomic E-state index is 13.2. The van der Waals surface area contributed by atoms with Crippen LogP contribution in [0.15, 0.2) is 66.0 Å². The van der Waals surface area contributed by atoms with E-state index in [0.717, 1.165) is 21.6 Å². The molecule has 37 heavy (non-hydrogen) atoms. The lowest BCUT2D eigenvalue weighted by Crippen LogP contribution is -2.54. The number of nitrogens with two attached hydrogens (primary N) is 2. The first-order chi connectivity index (χ1) is 17.6. The number of halogens is 1. The Kier molecular flexibility index (Phi) is 9.47. The van der Waals surface area contributed by atoms with E-state index in [2.05, 4.69) is 10.6 Å². The summed E-state index contributed by atoms with van der Waals surface area (Å²) in [6, 6.07) is 14.6. The maximum Gasteiger partial charge on any atom is 0.246 e. The molecule has 0 saturated carbocycles. The van der Waals surface area contributed by atoms with Crippen molar-refractivity contribution in [3.63, 3.8) is 0 Å². The number of carbonyl (C=O) groups is 4. The van der Waals surface area contributed by atoms with Crippen LogP contribution < -0.4 is 22.1 Å². The standard InChI is InChI=1S/C26H27FN4O5S/c27-18-9-7-17(8-10-18)16-5-3-15(4-6-16)12-20(24(28)34)31-26(36)21(13-19-2-1-11-37-19)30-23(33)14-22(32)25(29)35/h1-11,20-22,32H,12-14H2,(H2,28,34)(H2,29,35)(H,30,33)(H,31,36)/t20-,21+,22+/m0/s1. The van der Waals surface area contributed by atoms with Gasteiger partial charge in [-0.3, -0.25) is 19.2 Å². The van der Waals surface area contributed by atoms with Crippen LogP contribution in [0.1, 0.15) is 16.9 Å². The van der Waals surface area contributed by atoms with Crippen molar-refractivity contribution in [2.24, 2.45) is 11.5 Å². The monoisotopic (exact) mass is 526 g/mol. The summed E-state index contributed by atoms with van der Waals surface area (Å²) in [6.07, 6.45) is -2.07. The quantitative estimate of drug-likeness (QED) is 0.238. The summed E-state index contributed by atoms with van der Waals surface area (Å²) in [7, 11) is 0. The molecule has 9 nitrogen and oxygen atoms in total. The molecule has 4 amide bonds. The zero-order chi connectivity index (χ0) is 26.9. The number of rotatable bonds is 12. The van der Waals surface area contributed by atoms with Crippen molar-refractivity contribution in [3.8, 4) is 11.1 Å². The van der Waals surface area contributed by atoms with Gasteiger partial charge in [0, 0.05) is 17.7 Å². The predicted molar refractivity (Wildman–Crippen MR) is 136 cm³/mol. The Morgan fingerprint density at radius 2 is 1.46 bits per heavy atom. The molecule has 7 N–H and O–H groups in total. The highest BCUT2D eigenvalue weighted by Crippen LogP contribution is 2.21. The summed E-state index contributed by atoms with van der Waals surface area (Å²) in [5, 5.41) is 16.5. The number of benzene rings is 2. The highest BCUT2D eigenvalue weighted by atomic mass is 32.1. The molecule has 0 bridgehead atoms. The van der Waals surface area contributed by atoms with Gasteiger partial charge in [-0.25, -0.2) is 4.39 Å². The largest absolute Gasteiger partial charge is 0.383 e. The fraction of sp³-hybridized carbons (Fsp3) is 0.231. The Balaban J connectivity index is 1.70. The Morgan fingerprint density at radius 3 is 2.00 bits per heavy atom. The predicted octanol–water partition coefficient (Wildman–Crippen LogP) is 1.03. The molecule has 0 spiro atoms. The minimum Gasteiger partial charge on any atom is -0.383 e. The summed E-state index contributed by atoms with van der Waals surface area (Å²) in [4.78, 5) is 49.4. The average Bonchev–Trinajstić information content (AvgIpc) is 3.37. The maximum absolute atomic E-state index is 13.2. The summed E-state index contributed by atoms with van der Waals surface area (Å²) in [5.41, 5.74) is 12.9. The van der Waals surface area contributed by atoms with Gasteiger partial charge in [-0.2, -0.15) is 0 Å². The molecule has 11 heteroatoms. The van der Waals surface area contributed by atoms with Crippen LogP contribution in [0, 0.1) is 5.82 Å². The van der Waals surface area contributed by atoms with Crippen LogP contribution in [0.4, 0.5) is 4.39 Å². The summed E-state index contributed by atoms with van der Waals surface area (Å²) < 4.78 is 13.2. The molecule has 194 valence electrons. The van der Waals surface area contributed by atoms with Crippen molar-refractivity contribution < 1.29 is 28.7 Å². The third-order valence-electron chi connectivity index (χ3n) is 5.58. The molecular weight excluding hydrogens is 499 g/mol. The molecule has 0 aliphatic carbocycles. The lowest BCUT2D eigenvalue weighted by Gasteiger charge is -2.22. The van der Waals surface area contributed by atoms with E-state index in [1.165, 1.54) is 23.5 Å². The Hall–Kier alpha value is -4.09. The Morgan fingerprint density at radius 1 is 0.838 bits per heavy atom. The van der Waals surface area contributed by atoms with Gasteiger partial charge in [0.05, 0.1) is 6.42 Å². The van der Waals surface area contributed by atoms with Crippen LogP contribution in [0.2, 0.25) is 0 Å². The third kappa shape index (κ3) is 8.23. The van der Waals surface area contributed by atoms with Gasteiger partial charge in [-0.1, -0.05) is 42.5 Å². The highest BCUT2D eigenvalue weighted by Gasteiger charge is 2.27. The van der Waals surface area contributed by atoms with E-state index in [4.69, 9.17) is 11.5 Å². The van der Waals surface area contributed by atoms with E-state index >= 15 is 0 Å². The topological polar surface area (TPSA) is 165 Å². The molecule has 1 aromatic heterocycles. The number of aliphatic hydroxyl groups is 1. The average molecular weight is 527 g/mol. The minimum absolute atomic E-state index is 0.102. The number of hydrogen-bond donors (Lipinski definition) is 5. The van der Waals surface area contributed by atoms with Crippen molar-refractivity contribution in [2.45, 2.75) is 37.5 Å². The van der Waals surface area contributed by atoms with Gasteiger partial charge < -0.3 is 27.2 Å². The zero-order valence-electron chi connectivity index (χ0n) is 19.7. The Labute approximate surface area is 216 Å². The zero-order valence-corrected chi connectivity index (χ0v) is 20.5. The first kappa shape index (κ1) is 27.5. The Bertz CT molecular complexity index is 1230. The van der Waals surface area contributed by atoms with Crippen molar-refractivity contribution >= 4 is 35.0 Å². The molecule has 0 unspecified atom stereocenters. The van der Waals surface area contributed by atoms with Crippen LogP contribution in [-0.4, -0.2) is 46.9 Å². The molecule has 2 aromatic carbocycles. The number of thiophene rings is 1. The highest BCUT2D eigenvalue weighted by molar-refractivity contribution is 7.09. The van der Waals surface area contributed by atoms with Gasteiger partial charge in [-0.15, -0.1) is 11.3 Å². The van der Waals surface area contributed by atoms with E-state index in [0.29, 0.717) is 0 Å².